The molecule has 1 aromatic rings. The molecule has 1 rings (SSSR count). The molecule has 0 spiro atoms. The van der Waals surface area contributed by atoms with Crippen LogP contribution in [0, 0.1) is 11.3 Å². The van der Waals surface area contributed by atoms with Gasteiger partial charge in [0, 0.05) is 15.8 Å². The Morgan fingerprint density at radius 3 is 2.85 bits per heavy atom. The third-order valence-corrected chi connectivity index (χ3v) is 3.17. The largest absolute Gasteiger partial charge is 0.384 e. The van der Waals surface area contributed by atoms with E-state index in [0.29, 0.717) is 0 Å². The third kappa shape index (κ3) is 2.84. The van der Waals surface area contributed by atoms with Crippen LogP contribution in [0.5, 0.6) is 0 Å². The first-order valence-electron chi connectivity index (χ1n) is 4.55. The SMILES string of the molecule is CCC(C)Cc1cc(C(=N)N)cs1. The van der Waals surface area contributed by atoms with E-state index < -0.39 is 0 Å². The monoisotopic (exact) mass is 196 g/mol. The second-order valence-electron chi connectivity index (χ2n) is 3.43. The second kappa shape index (κ2) is 4.42. The van der Waals surface area contributed by atoms with E-state index in [2.05, 4.69) is 13.8 Å². The normalized spacial score (nSPS) is 12.8. The van der Waals surface area contributed by atoms with Crippen molar-refractivity contribution in [3.63, 3.8) is 0 Å². The van der Waals surface area contributed by atoms with E-state index in [1.54, 1.807) is 11.3 Å². The molecule has 0 aromatic carbocycles. The number of nitrogen functional groups attached to an aromatic ring is 1. The molecule has 0 bridgehead atoms. The number of thiophene rings is 1. The molecular formula is C10H16N2S. The Kier molecular flexibility index (Phi) is 3.48. The van der Waals surface area contributed by atoms with Crippen LogP contribution in [0.25, 0.3) is 0 Å². The van der Waals surface area contributed by atoms with Crippen LogP contribution < -0.4 is 5.73 Å². The first kappa shape index (κ1) is 10.3. The summed E-state index contributed by atoms with van der Waals surface area (Å²) in [6, 6.07) is 2.03. The maximum Gasteiger partial charge on any atom is 0.123 e. The number of nitrogens with two attached hydrogens (primary N) is 1. The minimum atomic E-state index is 0.173. The molecule has 1 atom stereocenters. The fourth-order valence-electron chi connectivity index (χ4n) is 1.12. The van der Waals surface area contributed by atoms with E-state index in [1.165, 1.54) is 11.3 Å². The minimum absolute atomic E-state index is 0.173. The standard InChI is InChI=1S/C10H16N2S/c1-3-7(2)4-9-5-8(6-13-9)10(11)12/h5-7H,3-4H2,1-2H3,(H3,11,12). The first-order valence-corrected chi connectivity index (χ1v) is 5.43. The average molecular weight is 196 g/mol. The van der Waals surface area contributed by atoms with Crippen LogP contribution in [0.1, 0.15) is 30.7 Å². The lowest BCUT2D eigenvalue weighted by Crippen LogP contribution is -2.09. The van der Waals surface area contributed by atoms with Gasteiger partial charge in [-0.1, -0.05) is 20.3 Å². The summed E-state index contributed by atoms with van der Waals surface area (Å²) in [6.45, 7) is 4.44. The lowest BCUT2D eigenvalue weighted by atomic mass is 10.0. The molecule has 0 aliphatic rings. The molecule has 72 valence electrons. The van der Waals surface area contributed by atoms with Crippen LogP contribution in [-0.4, -0.2) is 5.84 Å². The van der Waals surface area contributed by atoms with Crippen molar-refractivity contribution in [2.75, 3.05) is 0 Å². The lowest BCUT2D eigenvalue weighted by Gasteiger charge is -2.04. The fourth-order valence-corrected chi connectivity index (χ4v) is 2.17. The van der Waals surface area contributed by atoms with Gasteiger partial charge in [0.15, 0.2) is 0 Å². The van der Waals surface area contributed by atoms with Gasteiger partial charge < -0.3 is 5.73 Å². The molecule has 2 nitrogen and oxygen atoms in total. The number of amidine groups is 1. The molecule has 13 heavy (non-hydrogen) atoms. The Labute approximate surface area is 83.3 Å². The molecule has 1 aromatic heterocycles. The average Bonchev–Trinajstić information content (AvgIpc) is 2.52. The third-order valence-electron chi connectivity index (χ3n) is 2.21. The second-order valence-corrected chi connectivity index (χ2v) is 4.43. The molecule has 1 unspecified atom stereocenters. The van der Waals surface area contributed by atoms with Crippen LogP contribution in [0.15, 0.2) is 11.4 Å². The molecule has 1 heterocycles. The summed E-state index contributed by atoms with van der Waals surface area (Å²) in [7, 11) is 0. The molecular weight excluding hydrogens is 180 g/mol. The molecule has 0 aliphatic heterocycles. The summed E-state index contributed by atoms with van der Waals surface area (Å²) in [6.07, 6.45) is 2.31. The molecule has 0 saturated heterocycles. The first-order chi connectivity index (χ1) is 6.13. The van der Waals surface area contributed by atoms with Crippen molar-refractivity contribution in [2.24, 2.45) is 11.7 Å². The summed E-state index contributed by atoms with van der Waals surface area (Å²) in [4.78, 5) is 1.33. The van der Waals surface area contributed by atoms with Crippen molar-refractivity contribution in [2.45, 2.75) is 26.7 Å². The molecule has 0 aliphatic carbocycles. The highest BCUT2D eigenvalue weighted by atomic mass is 32.1. The topological polar surface area (TPSA) is 49.9 Å². The van der Waals surface area contributed by atoms with Crippen LogP contribution in [-0.2, 0) is 6.42 Å². The van der Waals surface area contributed by atoms with Gasteiger partial charge in [-0.3, -0.25) is 5.41 Å². The van der Waals surface area contributed by atoms with Crippen LogP contribution in [0.3, 0.4) is 0 Å². The van der Waals surface area contributed by atoms with Gasteiger partial charge in [-0.2, -0.15) is 0 Å². The van der Waals surface area contributed by atoms with E-state index in [0.717, 1.165) is 17.9 Å². The van der Waals surface area contributed by atoms with E-state index in [-0.39, 0.29) is 5.84 Å². The van der Waals surface area contributed by atoms with Gasteiger partial charge in [0.25, 0.3) is 0 Å². The highest BCUT2D eigenvalue weighted by molar-refractivity contribution is 7.10. The maximum atomic E-state index is 7.26. The summed E-state index contributed by atoms with van der Waals surface area (Å²) < 4.78 is 0. The van der Waals surface area contributed by atoms with Crippen molar-refractivity contribution < 1.29 is 0 Å². The van der Waals surface area contributed by atoms with E-state index in [4.69, 9.17) is 11.1 Å². The Morgan fingerprint density at radius 2 is 2.38 bits per heavy atom. The molecule has 0 saturated carbocycles. The Morgan fingerprint density at radius 1 is 1.69 bits per heavy atom. The van der Waals surface area contributed by atoms with Crippen molar-refractivity contribution in [1.29, 1.82) is 5.41 Å². The molecule has 3 heteroatoms. The summed E-state index contributed by atoms with van der Waals surface area (Å²) in [5.74, 6) is 0.894. The highest BCUT2D eigenvalue weighted by Crippen LogP contribution is 2.19. The zero-order chi connectivity index (χ0) is 9.84. The smallest absolute Gasteiger partial charge is 0.123 e. The summed E-state index contributed by atoms with van der Waals surface area (Å²) >= 11 is 1.70. The minimum Gasteiger partial charge on any atom is -0.384 e. The van der Waals surface area contributed by atoms with Gasteiger partial charge in [0.2, 0.25) is 0 Å². The van der Waals surface area contributed by atoms with Gasteiger partial charge >= 0.3 is 0 Å². The van der Waals surface area contributed by atoms with Crippen molar-refractivity contribution in [3.05, 3.63) is 21.9 Å². The Bertz CT molecular complexity index is 291. The number of rotatable bonds is 4. The van der Waals surface area contributed by atoms with E-state index in [1.807, 2.05) is 11.4 Å². The van der Waals surface area contributed by atoms with Crippen molar-refractivity contribution in [1.82, 2.24) is 0 Å². The zero-order valence-electron chi connectivity index (χ0n) is 8.13. The van der Waals surface area contributed by atoms with Gasteiger partial charge in [0.05, 0.1) is 0 Å². The quantitative estimate of drug-likeness (QED) is 0.564. The fraction of sp³-hybridized carbons (Fsp3) is 0.500. The Balaban J connectivity index is 2.64. The zero-order valence-corrected chi connectivity index (χ0v) is 8.95. The number of hydrogen-bond donors (Lipinski definition) is 2. The molecule has 0 amide bonds. The molecule has 3 N–H and O–H groups in total. The van der Waals surface area contributed by atoms with Gasteiger partial charge in [-0.15, -0.1) is 11.3 Å². The Hall–Kier alpha value is -0.830. The molecule has 0 fully saturated rings. The van der Waals surface area contributed by atoms with E-state index in [9.17, 15) is 0 Å². The van der Waals surface area contributed by atoms with E-state index >= 15 is 0 Å². The number of hydrogen-bond acceptors (Lipinski definition) is 2. The predicted octanol–water partition coefficient (Wildman–Crippen LogP) is 2.62. The maximum absolute atomic E-state index is 7.26. The van der Waals surface area contributed by atoms with Crippen LogP contribution >= 0.6 is 11.3 Å². The lowest BCUT2D eigenvalue weighted by molar-refractivity contribution is 0.565. The van der Waals surface area contributed by atoms with Crippen molar-refractivity contribution >= 4 is 17.2 Å². The summed E-state index contributed by atoms with van der Waals surface area (Å²) in [5.41, 5.74) is 6.24. The predicted molar refractivity (Wildman–Crippen MR) is 58.5 cm³/mol. The van der Waals surface area contributed by atoms with Gasteiger partial charge in [0.1, 0.15) is 5.84 Å². The van der Waals surface area contributed by atoms with Gasteiger partial charge in [-0.05, 0) is 18.4 Å². The van der Waals surface area contributed by atoms with Crippen LogP contribution in [0.2, 0.25) is 0 Å². The van der Waals surface area contributed by atoms with Crippen LogP contribution in [0.4, 0.5) is 0 Å². The highest BCUT2D eigenvalue weighted by Gasteiger charge is 2.05. The van der Waals surface area contributed by atoms with Crippen molar-refractivity contribution in [3.8, 4) is 0 Å². The van der Waals surface area contributed by atoms with Gasteiger partial charge in [-0.25, -0.2) is 0 Å². The molecule has 0 radical (unpaired) electrons. The summed E-state index contributed by atoms with van der Waals surface area (Å²) in [5, 5.41) is 9.22. The number of nitrogens with one attached hydrogen (secondary N) is 1.